The van der Waals surface area contributed by atoms with Gasteiger partial charge >= 0.3 is 0 Å². The van der Waals surface area contributed by atoms with E-state index >= 15 is 0 Å². The Kier molecular flexibility index (Phi) is 6.26. The number of ether oxygens (including phenoxy) is 1. The van der Waals surface area contributed by atoms with E-state index in [1.54, 1.807) is 0 Å². The highest BCUT2D eigenvalue weighted by molar-refractivity contribution is 5.79. The number of hydrogen-bond acceptors (Lipinski definition) is 3. The van der Waals surface area contributed by atoms with Gasteiger partial charge in [-0.05, 0) is 48.7 Å². The molecule has 3 rings (SSSR count). The number of hydrogen-bond donors (Lipinski definition) is 2. The van der Waals surface area contributed by atoms with Crippen LogP contribution in [0, 0.1) is 17.1 Å². The third-order valence-electron chi connectivity index (χ3n) is 4.39. The molecule has 2 N–H and O–H groups in total. The molecular weight excluding hydrogens is 343 g/mol. The van der Waals surface area contributed by atoms with Gasteiger partial charge in [-0.15, -0.1) is 0 Å². The molecule has 0 fully saturated rings. The second-order valence-electron chi connectivity index (χ2n) is 6.33. The lowest BCUT2D eigenvalue weighted by Gasteiger charge is -2.12. The van der Waals surface area contributed by atoms with Crippen molar-refractivity contribution in [3.63, 3.8) is 0 Å². The van der Waals surface area contributed by atoms with Gasteiger partial charge in [0.25, 0.3) is 0 Å². The lowest BCUT2D eigenvalue weighted by molar-refractivity contribution is 0.357. The number of halogens is 1. The molecule has 0 unspecified atom stereocenters. The van der Waals surface area contributed by atoms with Gasteiger partial charge in [-0.2, -0.15) is 5.26 Å². The first-order valence-electron chi connectivity index (χ1n) is 9.15. The fourth-order valence-electron chi connectivity index (χ4n) is 2.99. The quantitative estimate of drug-likeness (QED) is 0.609. The van der Waals surface area contributed by atoms with Crippen LogP contribution in [0.3, 0.4) is 0 Å². The van der Waals surface area contributed by atoms with E-state index in [-0.39, 0.29) is 12.4 Å². The molecule has 140 valence electrons. The maximum atomic E-state index is 13.9. The Morgan fingerprint density at radius 3 is 2.96 bits per heavy atom. The lowest BCUT2D eigenvalue weighted by Crippen LogP contribution is -2.38. The van der Waals surface area contributed by atoms with Crippen LogP contribution in [-0.4, -0.2) is 25.7 Å². The van der Waals surface area contributed by atoms with E-state index in [1.165, 1.54) is 29.3 Å². The minimum atomic E-state index is -0.353. The summed E-state index contributed by atoms with van der Waals surface area (Å²) in [5.74, 6) is 1.26. The molecule has 0 bridgehead atoms. The zero-order chi connectivity index (χ0) is 19.1. The summed E-state index contributed by atoms with van der Waals surface area (Å²) in [6, 6.07) is 12.6. The van der Waals surface area contributed by atoms with Crippen LogP contribution in [0.1, 0.15) is 29.2 Å². The van der Waals surface area contributed by atoms with Crippen molar-refractivity contribution in [2.75, 3.05) is 19.7 Å². The molecule has 1 aliphatic rings. The summed E-state index contributed by atoms with van der Waals surface area (Å²) >= 11 is 0. The summed E-state index contributed by atoms with van der Waals surface area (Å²) in [6.07, 6.45) is 1.82. The van der Waals surface area contributed by atoms with E-state index in [0.29, 0.717) is 30.2 Å². The third kappa shape index (κ3) is 4.98. The van der Waals surface area contributed by atoms with E-state index in [0.717, 1.165) is 25.2 Å². The summed E-state index contributed by atoms with van der Waals surface area (Å²) in [5.41, 5.74) is 3.35. The summed E-state index contributed by atoms with van der Waals surface area (Å²) in [6.45, 7) is 4.34. The summed E-state index contributed by atoms with van der Waals surface area (Å²) in [7, 11) is 0. The van der Waals surface area contributed by atoms with Crippen molar-refractivity contribution in [1.29, 1.82) is 5.26 Å². The Labute approximate surface area is 158 Å². The largest absolute Gasteiger partial charge is 0.493 e. The number of nitriles is 1. The number of aliphatic imine (C=N–C) groups is 1. The molecule has 0 spiro atoms. The number of benzene rings is 2. The van der Waals surface area contributed by atoms with Gasteiger partial charge in [0.1, 0.15) is 11.6 Å². The smallest absolute Gasteiger partial charge is 0.191 e. The number of nitrogens with one attached hydrogen (secondary N) is 2. The van der Waals surface area contributed by atoms with Crippen molar-refractivity contribution in [3.8, 4) is 11.8 Å². The maximum Gasteiger partial charge on any atom is 0.191 e. The van der Waals surface area contributed by atoms with Gasteiger partial charge in [0.2, 0.25) is 0 Å². The summed E-state index contributed by atoms with van der Waals surface area (Å²) in [4.78, 5) is 4.43. The van der Waals surface area contributed by atoms with E-state index in [4.69, 9.17) is 10.00 Å². The highest BCUT2D eigenvalue weighted by Crippen LogP contribution is 2.25. The fourth-order valence-corrected chi connectivity index (χ4v) is 2.99. The topological polar surface area (TPSA) is 69.4 Å². The predicted octanol–water partition coefficient (Wildman–Crippen LogP) is 2.93. The molecule has 6 heteroatoms. The molecule has 0 aromatic heterocycles. The Balaban J connectivity index is 1.58. The van der Waals surface area contributed by atoms with Gasteiger partial charge in [0.15, 0.2) is 5.96 Å². The van der Waals surface area contributed by atoms with E-state index < -0.39 is 0 Å². The molecule has 0 atom stereocenters. The molecule has 5 nitrogen and oxygen atoms in total. The van der Waals surface area contributed by atoms with E-state index in [2.05, 4.69) is 27.8 Å². The monoisotopic (exact) mass is 366 g/mol. The van der Waals surface area contributed by atoms with Gasteiger partial charge in [0.05, 0.1) is 24.8 Å². The van der Waals surface area contributed by atoms with Crippen molar-refractivity contribution >= 4 is 5.96 Å². The molecule has 0 aliphatic carbocycles. The fraction of sp³-hybridized carbons (Fsp3) is 0.333. The van der Waals surface area contributed by atoms with E-state index in [1.807, 2.05) is 19.1 Å². The Bertz CT molecular complexity index is 873. The molecule has 0 amide bonds. The predicted molar refractivity (Wildman–Crippen MR) is 103 cm³/mol. The minimum Gasteiger partial charge on any atom is -0.493 e. The van der Waals surface area contributed by atoms with Crippen LogP contribution in [0.25, 0.3) is 0 Å². The molecule has 0 saturated heterocycles. The van der Waals surface area contributed by atoms with Gasteiger partial charge < -0.3 is 15.4 Å². The Morgan fingerprint density at radius 2 is 2.15 bits per heavy atom. The Hall–Kier alpha value is -3.07. The summed E-state index contributed by atoms with van der Waals surface area (Å²) in [5, 5.41) is 15.4. The number of nitrogens with zero attached hydrogens (tertiary/aromatic N) is 2. The first-order valence-corrected chi connectivity index (χ1v) is 9.15. The third-order valence-corrected chi connectivity index (χ3v) is 4.39. The van der Waals surface area contributed by atoms with Crippen LogP contribution in [0.15, 0.2) is 41.4 Å². The van der Waals surface area contributed by atoms with Crippen molar-refractivity contribution in [2.24, 2.45) is 4.99 Å². The number of fused-ring (bicyclic) bond motifs is 1. The lowest BCUT2D eigenvalue weighted by atomic mass is 10.1. The average Bonchev–Trinajstić information content (AvgIpc) is 3.15. The average molecular weight is 366 g/mol. The highest BCUT2D eigenvalue weighted by Gasteiger charge is 2.11. The van der Waals surface area contributed by atoms with Crippen LogP contribution in [-0.2, 0) is 19.4 Å². The second kappa shape index (κ2) is 9.04. The van der Waals surface area contributed by atoms with Crippen molar-refractivity contribution in [2.45, 2.75) is 26.3 Å². The van der Waals surface area contributed by atoms with Crippen LogP contribution >= 0.6 is 0 Å². The van der Waals surface area contributed by atoms with Crippen LogP contribution < -0.4 is 15.4 Å². The summed E-state index contributed by atoms with van der Waals surface area (Å²) < 4.78 is 19.4. The molecule has 1 heterocycles. The molecule has 2 aromatic rings. The first-order chi connectivity index (χ1) is 13.2. The van der Waals surface area contributed by atoms with E-state index in [9.17, 15) is 4.39 Å². The van der Waals surface area contributed by atoms with Gasteiger partial charge in [-0.25, -0.2) is 9.38 Å². The minimum absolute atomic E-state index is 0.173. The highest BCUT2D eigenvalue weighted by atomic mass is 19.1. The molecule has 2 aromatic carbocycles. The van der Waals surface area contributed by atoms with Crippen molar-refractivity contribution < 1.29 is 9.13 Å². The molecule has 0 saturated carbocycles. The maximum absolute atomic E-state index is 13.9. The van der Waals surface area contributed by atoms with Crippen molar-refractivity contribution in [1.82, 2.24) is 10.6 Å². The number of guanidine groups is 1. The van der Waals surface area contributed by atoms with Gasteiger partial charge in [-0.1, -0.05) is 12.1 Å². The van der Waals surface area contributed by atoms with Gasteiger partial charge in [0, 0.05) is 25.1 Å². The van der Waals surface area contributed by atoms with Crippen LogP contribution in [0.4, 0.5) is 4.39 Å². The molecular formula is C21H23FN4O. The first kappa shape index (κ1) is 18.7. The van der Waals surface area contributed by atoms with Crippen molar-refractivity contribution in [3.05, 3.63) is 64.5 Å². The normalized spacial score (nSPS) is 12.9. The molecule has 1 aliphatic heterocycles. The Morgan fingerprint density at radius 1 is 1.26 bits per heavy atom. The van der Waals surface area contributed by atoms with Crippen LogP contribution in [0.2, 0.25) is 0 Å². The standard InChI is InChI=1S/C21H23FN4O/c1-2-24-21(26-14-18-12-16(13-23)3-5-19(18)22)25-9-7-15-4-6-20-17(11-15)8-10-27-20/h3-6,11-12H,2,7-10,14H2,1H3,(H2,24,25,26). The SMILES string of the molecule is CCNC(=NCc1cc(C#N)ccc1F)NCCc1ccc2c(c1)CCO2. The zero-order valence-electron chi connectivity index (χ0n) is 15.4. The van der Waals surface area contributed by atoms with Crippen LogP contribution in [0.5, 0.6) is 5.75 Å². The second-order valence-corrected chi connectivity index (χ2v) is 6.33. The molecule has 0 radical (unpaired) electrons. The molecule has 27 heavy (non-hydrogen) atoms. The zero-order valence-corrected chi connectivity index (χ0v) is 15.4. The number of rotatable bonds is 6. The van der Waals surface area contributed by atoms with Gasteiger partial charge in [-0.3, -0.25) is 0 Å².